The number of nitrogens with zero attached hydrogens (tertiary/aromatic N) is 5. The standard InChI is InChI=1S/C30H35N7O2/c1-23(38)31-14-18-37(29-27-11-13-32-28(27)33-22-34-29)26-10-5-9-25(21-26)30(39)36-16-6-15-35(19-20-36)17-12-24-7-3-2-4-8-24/h2-5,7-11,13,21-22H,6,12,14-20H2,1H3,(H,31,38)(H,32,33,34). The number of aromatic amines is 1. The lowest BCUT2D eigenvalue weighted by atomic mass is 10.1. The summed E-state index contributed by atoms with van der Waals surface area (Å²) in [5.41, 5.74) is 3.56. The lowest BCUT2D eigenvalue weighted by Gasteiger charge is -2.26. The molecule has 1 aliphatic rings. The molecule has 0 spiro atoms. The monoisotopic (exact) mass is 525 g/mol. The Hall–Kier alpha value is -4.24. The van der Waals surface area contributed by atoms with Gasteiger partial charge in [0, 0.05) is 63.6 Å². The minimum atomic E-state index is -0.0904. The molecule has 3 heterocycles. The number of nitrogens with one attached hydrogen (secondary N) is 2. The topological polar surface area (TPSA) is 97.5 Å². The first-order valence-corrected chi connectivity index (χ1v) is 13.5. The second-order valence-corrected chi connectivity index (χ2v) is 9.85. The van der Waals surface area contributed by atoms with E-state index in [2.05, 4.69) is 49.4 Å². The van der Waals surface area contributed by atoms with Gasteiger partial charge >= 0.3 is 0 Å². The fourth-order valence-corrected chi connectivity index (χ4v) is 5.09. The zero-order chi connectivity index (χ0) is 27.0. The third-order valence-electron chi connectivity index (χ3n) is 7.14. The molecule has 9 heteroatoms. The SMILES string of the molecule is CC(=O)NCCN(c1cccc(C(=O)N2CCCN(CCc3ccccc3)CC2)c1)c1ncnc2[nH]ccc12. The van der Waals surface area contributed by atoms with Gasteiger partial charge in [-0.1, -0.05) is 36.4 Å². The lowest BCUT2D eigenvalue weighted by molar-refractivity contribution is -0.118. The fraction of sp³-hybridized carbons (Fsp3) is 0.333. The first-order valence-electron chi connectivity index (χ1n) is 13.5. The molecular formula is C30H35N7O2. The second-order valence-electron chi connectivity index (χ2n) is 9.85. The molecule has 9 nitrogen and oxygen atoms in total. The predicted molar refractivity (Wildman–Crippen MR) is 153 cm³/mol. The molecule has 1 aliphatic heterocycles. The Morgan fingerprint density at radius 1 is 1.00 bits per heavy atom. The van der Waals surface area contributed by atoms with E-state index in [1.807, 2.05) is 52.4 Å². The highest BCUT2D eigenvalue weighted by Crippen LogP contribution is 2.29. The van der Waals surface area contributed by atoms with E-state index in [1.165, 1.54) is 18.8 Å². The molecule has 0 atom stereocenters. The Balaban J connectivity index is 1.30. The van der Waals surface area contributed by atoms with Crippen molar-refractivity contribution in [1.82, 2.24) is 30.1 Å². The molecule has 2 aromatic carbocycles. The summed E-state index contributed by atoms with van der Waals surface area (Å²) >= 11 is 0. The number of amides is 2. The molecule has 2 aromatic heterocycles. The van der Waals surface area contributed by atoms with Crippen molar-refractivity contribution >= 4 is 34.4 Å². The van der Waals surface area contributed by atoms with E-state index in [1.54, 1.807) is 0 Å². The number of hydrogen-bond donors (Lipinski definition) is 2. The number of hydrogen-bond acceptors (Lipinski definition) is 6. The van der Waals surface area contributed by atoms with Crippen molar-refractivity contribution in [1.29, 1.82) is 0 Å². The van der Waals surface area contributed by atoms with E-state index >= 15 is 0 Å². The lowest BCUT2D eigenvalue weighted by Crippen LogP contribution is -2.36. The number of anilines is 2. The van der Waals surface area contributed by atoms with Crippen molar-refractivity contribution in [3.63, 3.8) is 0 Å². The van der Waals surface area contributed by atoms with Gasteiger partial charge in [0.05, 0.1) is 5.39 Å². The van der Waals surface area contributed by atoms with Crippen LogP contribution in [-0.4, -0.2) is 82.4 Å². The highest BCUT2D eigenvalue weighted by molar-refractivity contribution is 5.96. The molecule has 0 radical (unpaired) electrons. The van der Waals surface area contributed by atoms with Crippen LogP contribution in [0.1, 0.15) is 29.3 Å². The summed E-state index contributed by atoms with van der Waals surface area (Å²) in [5.74, 6) is 0.672. The molecule has 0 aliphatic carbocycles. The maximum absolute atomic E-state index is 13.6. The summed E-state index contributed by atoms with van der Waals surface area (Å²) in [6.07, 6.45) is 5.32. The van der Waals surface area contributed by atoms with Crippen molar-refractivity contribution in [2.45, 2.75) is 19.8 Å². The molecule has 5 rings (SSSR count). The minimum Gasteiger partial charge on any atom is -0.355 e. The molecule has 0 bridgehead atoms. The van der Waals surface area contributed by atoms with Gasteiger partial charge in [-0.25, -0.2) is 9.97 Å². The van der Waals surface area contributed by atoms with Gasteiger partial charge in [0.1, 0.15) is 17.8 Å². The van der Waals surface area contributed by atoms with Gasteiger partial charge in [0.25, 0.3) is 5.91 Å². The number of fused-ring (bicyclic) bond motifs is 1. The molecule has 0 saturated carbocycles. The predicted octanol–water partition coefficient (Wildman–Crippen LogP) is 3.62. The largest absolute Gasteiger partial charge is 0.355 e. The Morgan fingerprint density at radius 3 is 2.72 bits per heavy atom. The second kappa shape index (κ2) is 12.5. The molecule has 2 N–H and O–H groups in total. The average molecular weight is 526 g/mol. The van der Waals surface area contributed by atoms with Crippen LogP contribution in [-0.2, 0) is 11.2 Å². The fourth-order valence-electron chi connectivity index (χ4n) is 5.09. The Labute approximate surface area is 228 Å². The third kappa shape index (κ3) is 6.61. The van der Waals surface area contributed by atoms with E-state index in [4.69, 9.17) is 0 Å². The van der Waals surface area contributed by atoms with Crippen LogP contribution in [0.4, 0.5) is 11.5 Å². The maximum Gasteiger partial charge on any atom is 0.253 e. The van der Waals surface area contributed by atoms with Crippen molar-refractivity contribution in [2.24, 2.45) is 0 Å². The van der Waals surface area contributed by atoms with Gasteiger partial charge in [0.2, 0.25) is 5.91 Å². The van der Waals surface area contributed by atoms with Crippen LogP contribution in [0.15, 0.2) is 73.2 Å². The van der Waals surface area contributed by atoms with Crippen molar-refractivity contribution in [3.8, 4) is 0 Å². The van der Waals surface area contributed by atoms with Gasteiger partial charge in [-0.3, -0.25) is 9.59 Å². The molecule has 39 heavy (non-hydrogen) atoms. The van der Waals surface area contributed by atoms with E-state index in [0.29, 0.717) is 25.2 Å². The molecule has 2 amide bonds. The number of benzene rings is 2. The van der Waals surface area contributed by atoms with E-state index < -0.39 is 0 Å². The normalized spacial score (nSPS) is 14.2. The molecule has 1 saturated heterocycles. The molecule has 4 aromatic rings. The Kier molecular flexibility index (Phi) is 8.48. The number of H-pyrrole nitrogens is 1. The summed E-state index contributed by atoms with van der Waals surface area (Å²) < 4.78 is 0. The highest BCUT2D eigenvalue weighted by atomic mass is 16.2. The zero-order valence-electron chi connectivity index (χ0n) is 22.3. The van der Waals surface area contributed by atoms with Crippen molar-refractivity contribution in [3.05, 3.63) is 84.3 Å². The molecular weight excluding hydrogens is 490 g/mol. The van der Waals surface area contributed by atoms with Gasteiger partial charge in [-0.2, -0.15) is 0 Å². The van der Waals surface area contributed by atoms with Crippen LogP contribution in [0.3, 0.4) is 0 Å². The molecule has 1 fully saturated rings. The average Bonchev–Trinajstić information content (AvgIpc) is 3.32. The van der Waals surface area contributed by atoms with Crippen LogP contribution < -0.4 is 10.2 Å². The third-order valence-corrected chi connectivity index (χ3v) is 7.14. The summed E-state index contributed by atoms with van der Waals surface area (Å²) in [4.78, 5) is 43.6. The Morgan fingerprint density at radius 2 is 1.87 bits per heavy atom. The van der Waals surface area contributed by atoms with Crippen molar-refractivity contribution < 1.29 is 9.59 Å². The van der Waals surface area contributed by atoms with Crippen LogP contribution in [0.5, 0.6) is 0 Å². The number of rotatable bonds is 9. The summed E-state index contributed by atoms with van der Waals surface area (Å²) in [7, 11) is 0. The number of carbonyl (C=O) groups excluding carboxylic acids is 2. The number of aromatic nitrogens is 3. The van der Waals surface area contributed by atoms with Crippen LogP contribution >= 0.6 is 0 Å². The first-order chi connectivity index (χ1) is 19.1. The minimum absolute atomic E-state index is 0.0399. The quantitative estimate of drug-likeness (QED) is 0.347. The van der Waals surface area contributed by atoms with Gasteiger partial charge in [0.15, 0.2) is 0 Å². The zero-order valence-corrected chi connectivity index (χ0v) is 22.3. The summed E-state index contributed by atoms with van der Waals surface area (Å²) in [6.45, 7) is 6.75. The van der Waals surface area contributed by atoms with Crippen molar-refractivity contribution in [2.75, 3.05) is 50.7 Å². The Bertz CT molecular complexity index is 1400. The van der Waals surface area contributed by atoms with Crippen LogP contribution in [0.25, 0.3) is 11.0 Å². The smallest absolute Gasteiger partial charge is 0.253 e. The van der Waals surface area contributed by atoms with Crippen LogP contribution in [0, 0.1) is 0 Å². The van der Waals surface area contributed by atoms with Gasteiger partial charge in [-0.15, -0.1) is 0 Å². The summed E-state index contributed by atoms with van der Waals surface area (Å²) in [5, 5.41) is 3.74. The summed E-state index contributed by atoms with van der Waals surface area (Å²) in [6, 6.07) is 20.2. The highest BCUT2D eigenvalue weighted by Gasteiger charge is 2.22. The number of carbonyl (C=O) groups is 2. The molecule has 202 valence electrons. The van der Waals surface area contributed by atoms with E-state index in [0.717, 1.165) is 61.6 Å². The van der Waals surface area contributed by atoms with E-state index in [9.17, 15) is 9.59 Å². The first kappa shape index (κ1) is 26.4. The van der Waals surface area contributed by atoms with Gasteiger partial charge in [-0.05, 0) is 49.2 Å². The van der Waals surface area contributed by atoms with Crippen LogP contribution in [0.2, 0.25) is 0 Å². The maximum atomic E-state index is 13.6. The molecule has 0 unspecified atom stereocenters. The van der Waals surface area contributed by atoms with E-state index in [-0.39, 0.29) is 11.8 Å². The van der Waals surface area contributed by atoms with Gasteiger partial charge < -0.3 is 25.0 Å².